The molecule has 0 amide bonds. The first-order valence-corrected chi connectivity index (χ1v) is 10.5. The largest absolute Gasteiger partial charge is 0.295 e. The number of benzene rings is 1. The van der Waals surface area contributed by atoms with Gasteiger partial charge in [-0.3, -0.25) is 14.5 Å². The van der Waals surface area contributed by atoms with E-state index in [9.17, 15) is 0 Å². The molecule has 0 aliphatic heterocycles. The topological polar surface area (TPSA) is 30.7 Å². The van der Waals surface area contributed by atoms with Gasteiger partial charge in [0.15, 0.2) is 3.95 Å². The van der Waals surface area contributed by atoms with Crippen LogP contribution in [-0.2, 0) is 0 Å². The van der Waals surface area contributed by atoms with Crippen LogP contribution in [0, 0.1) is 17.8 Å². The lowest BCUT2D eigenvalue weighted by atomic mass is 10.0. The van der Waals surface area contributed by atoms with Crippen molar-refractivity contribution in [2.45, 2.75) is 13.8 Å². The number of hydrogen-bond acceptors (Lipinski definition) is 4. The van der Waals surface area contributed by atoms with Crippen molar-refractivity contribution in [1.29, 1.82) is 0 Å². The van der Waals surface area contributed by atoms with Crippen molar-refractivity contribution in [3.05, 3.63) is 79.4 Å². The lowest BCUT2D eigenvalue weighted by Crippen LogP contribution is -2.04. The van der Waals surface area contributed by atoms with Crippen molar-refractivity contribution in [1.82, 2.24) is 14.5 Å². The quantitative estimate of drug-likeness (QED) is 0.310. The molecule has 28 heavy (non-hydrogen) atoms. The molecule has 1 aromatic carbocycles. The van der Waals surface area contributed by atoms with Crippen LogP contribution in [0.1, 0.15) is 10.6 Å². The van der Waals surface area contributed by atoms with Gasteiger partial charge in [0.05, 0.1) is 17.1 Å². The molecule has 3 heterocycles. The van der Waals surface area contributed by atoms with Gasteiger partial charge in [-0.05, 0) is 50.3 Å². The molecule has 0 aliphatic rings. The Kier molecular flexibility index (Phi) is 5.34. The van der Waals surface area contributed by atoms with Crippen molar-refractivity contribution in [2.75, 3.05) is 0 Å². The second kappa shape index (κ2) is 7.76. The average molecular weight is 444 g/mol. The highest BCUT2D eigenvalue weighted by Gasteiger charge is 2.19. The molecule has 3 aromatic heterocycles. The lowest BCUT2D eigenvalue weighted by Gasteiger charge is -2.17. The number of hydrogen-bond donors (Lipinski definition) is 0. The number of aromatic nitrogens is 3. The minimum atomic E-state index is 0.629. The number of para-hydroxylation sites is 1. The minimum Gasteiger partial charge on any atom is -0.295 e. The highest BCUT2D eigenvalue weighted by molar-refractivity contribution is 7.73. The third kappa shape index (κ3) is 3.51. The normalized spacial score (nSPS) is 11.0. The first-order chi connectivity index (χ1) is 13.5. The Bertz CT molecular complexity index is 1180. The zero-order chi connectivity index (χ0) is 19.8. The number of thiazole rings is 1. The summed E-state index contributed by atoms with van der Waals surface area (Å²) in [5, 5.41) is 1.26. The zero-order valence-corrected chi connectivity index (χ0v) is 18.3. The Morgan fingerprint density at radius 2 is 1.43 bits per heavy atom. The van der Waals surface area contributed by atoms with E-state index in [0.717, 1.165) is 37.9 Å². The number of nitrogens with zero attached hydrogens (tertiary/aromatic N) is 3. The van der Waals surface area contributed by atoms with Crippen LogP contribution in [0.15, 0.2) is 54.9 Å². The van der Waals surface area contributed by atoms with Gasteiger partial charge < -0.3 is 0 Å². The summed E-state index contributed by atoms with van der Waals surface area (Å²) in [7, 11) is 0. The fraction of sp³-hybridized carbons (Fsp3) is 0.0952. The van der Waals surface area contributed by atoms with Crippen LogP contribution < -0.4 is 0 Å². The van der Waals surface area contributed by atoms with E-state index >= 15 is 0 Å². The van der Waals surface area contributed by atoms with Crippen LogP contribution in [0.3, 0.4) is 0 Å². The van der Waals surface area contributed by atoms with E-state index < -0.39 is 0 Å². The summed E-state index contributed by atoms with van der Waals surface area (Å²) in [5.41, 5.74) is 5.43. The number of halogens is 2. The van der Waals surface area contributed by atoms with Gasteiger partial charge in [0.25, 0.3) is 0 Å². The van der Waals surface area contributed by atoms with Crippen LogP contribution >= 0.6 is 46.8 Å². The molecule has 0 bridgehead atoms. The minimum absolute atomic E-state index is 0.629. The predicted molar refractivity (Wildman–Crippen MR) is 120 cm³/mol. The van der Waals surface area contributed by atoms with Gasteiger partial charge in [-0.15, -0.1) is 11.3 Å². The second-order valence-electron chi connectivity index (χ2n) is 6.27. The van der Waals surface area contributed by atoms with Gasteiger partial charge in [-0.1, -0.05) is 41.4 Å². The van der Waals surface area contributed by atoms with E-state index in [-0.39, 0.29) is 0 Å². The molecule has 0 unspecified atom stereocenters. The van der Waals surface area contributed by atoms with Crippen LogP contribution in [-0.4, -0.2) is 14.5 Å². The van der Waals surface area contributed by atoms with Gasteiger partial charge >= 0.3 is 0 Å². The molecule has 0 atom stereocenters. The summed E-state index contributed by atoms with van der Waals surface area (Å²) in [4.78, 5) is 10.2. The highest BCUT2D eigenvalue weighted by atomic mass is 35.5. The molecule has 140 valence electrons. The molecule has 4 aromatic rings. The Hall–Kier alpha value is -2.05. The van der Waals surface area contributed by atoms with Crippen molar-refractivity contribution >= 4 is 46.8 Å². The number of aryl methyl sites for hydroxylation is 1. The summed E-state index contributed by atoms with van der Waals surface area (Å²) in [6.07, 6.45) is 3.41. The third-order valence-electron chi connectivity index (χ3n) is 4.52. The molecule has 7 heteroatoms. The lowest BCUT2D eigenvalue weighted by molar-refractivity contribution is 0.994. The molecular weight excluding hydrogens is 429 g/mol. The fourth-order valence-corrected chi connectivity index (χ4v) is 4.85. The van der Waals surface area contributed by atoms with E-state index in [4.69, 9.17) is 35.4 Å². The zero-order valence-electron chi connectivity index (χ0n) is 15.1. The molecule has 0 radical (unpaired) electrons. The highest BCUT2D eigenvalue weighted by Crippen LogP contribution is 2.37. The molecule has 0 saturated heterocycles. The van der Waals surface area contributed by atoms with Crippen molar-refractivity contribution in [2.24, 2.45) is 0 Å². The summed E-state index contributed by atoms with van der Waals surface area (Å²) in [6.45, 7) is 4.14. The third-order valence-corrected chi connectivity index (χ3v) is 6.38. The molecule has 0 saturated carbocycles. The Balaban J connectivity index is 2.11. The van der Waals surface area contributed by atoms with Gasteiger partial charge in [-0.25, -0.2) is 0 Å². The van der Waals surface area contributed by atoms with Crippen LogP contribution in [0.5, 0.6) is 0 Å². The molecule has 0 spiro atoms. The first-order valence-electron chi connectivity index (χ1n) is 8.52. The Morgan fingerprint density at radius 1 is 0.893 bits per heavy atom. The molecule has 0 N–H and O–H groups in total. The van der Waals surface area contributed by atoms with Gasteiger partial charge in [-0.2, -0.15) is 0 Å². The number of rotatable bonds is 3. The van der Waals surface area contributed by atoms with Crippen LogP contribution in [0.2, 0.25) is 10.0 Å². The molecule has 3 nitrogen and oxygen atoms in total. The first kappa shape index (κ1) is 19.3. The second-order valence-corrected chi connectivity index (χ2v) is 8.99. The Labute approximate surface area is 182 Å². The summed E-state index contributed by atoms with van der Waals surface area (Å²) in [6, 6.07) is 13.3. The monoisotopic (exact) mass is 443 g/mol. The molecule has 0 fully saturated rings. The average Bonchev–Trinajstić information content (AvgIpc) is 2.93. The van der Waals surface area contributed by atoms with Crippen LogP contribution in [0.25, 0.3) is 28.2 Å². The number of pyridine rings is 2. The summed E-state index contributed by atoms with van der Waals surface area (Å²) in [5.74, 6) is 0. The van der Waals surface area contributed by atoms with Crippen LogP contribution in [0.4, 0.5) is 0 Å². The molecular formula is C21H15Cl2N3S2. The van der Waals surface area contributed by atoms with E-state index in [1.807, 2.05) is 30.3 Å². The van der Waals surface area contributed by atoms with E-state index in [1.165, 1.54) is 4.88 Å². The SMILES string of the molecule is Cc1sc(=S)n(-c2c(-c3cc(Cl)ccn3)cccc2-c2cc(Cl)ccn2)c1C. The van der Waals surface area contributed by atoms with E-state index in [1.54, 1.807) is 35.9 Å². The van der Waals surface area contributed by atoms with Gasteiger partial charge in [0.1, 0.15) is 0 Å². The van der Waals surface area contributed by atoms with Crippen molar-refractivity contribution < 1.29 is 0 Å². The standard InChI is InChI=1S/C21H15Cl2N3S2/c1-12-13(2)28-21(27)26(12)20-16(18-10-14(22)6-8-24-18)4-3-5-17(20)19-11-15(23)7-9-25-19/h3-11H,1-2H3. The Morgan fingerprint density at radius 3 is 1.86 bits per heavy atom. The maximum absolute atomic E-state index is 6.24. The van der Waals surface area contributed by atoms with Gasteiger partial charge in [0, 0.05) is 44.1 Å². The molecule has 0 aliphatic carbocycles. The fourth-order valence-electron chi connectivity index (χ4n) is 3.11. The van der Waals surface area contributed by atoms with Crippen molar-refractivity contribution in [3.8, 4) is 28.2 Å². The molecule has 4 rings (SSSR count). The van der Waals surface area contributed by atoms with Gasteiger partial charge in [0.2, 0.25) is 0 Å². The summed E-state index contributed by atoms with van der Waals surface area (Å²) >= 11 is 19.8. The van der Waals surface area contributed by atoms with E-state index in [0.29, 0.717) is 10.0 Å². The predicted octanol–water partition coefficient (Wildman–Crippen LogP) is 7.32. The maximum atomic E-state index is 6.24. The van der Waals surface area contributed by atoms with E-state index in [2.05, 4.69) is 28.4 Å². The van der Waals surface area contributed by atoms with Crippen molar-refractivity contribution in [3.63, 3.8) is 0 Å². The summed E-state index contributed by atoms with van der Waals surface area (Å²) < 4.78 is 2.86. The maximum Gasteiger partial charge on any atom is 0.166 e. The smallest absolute Gasteiger partial charge is 0.166 e.